The number of nitrogens with zero attached hydrogens (tertiary/aromatic N) is 1. The Bertz CT molecular complexity index is 558. The molecule has 1 aromatic rings. The van der Waals surface area contributed by atoms with Gasteiger partial charge in [-0.1, -0.05) is 24.3 Å². The van der Waals surface area contributed by atoms with Crippen molar-refractivity contribution in [2.75, 3.05) is 19.8 Å². The number of carbonyl (C=O) groups is 1. The van der Waals surface area contributed by atoms with Crippen LogP contribution < -0.4 is 5.32 Å². The molecule has 0 saturated carbocycles. The van der Waals surface area contributed by atoms with Gasteiger partial charge in [0.25, 0.3) is 0 Å². The second-order valence-electron chi connectivity index (χ2n) is 7.14. The van der Waals surface area contributed by atoms with Gasteiger partial charge in [0.2, 0.25) is 0 Å². The third-order valence-corrected chi connectivity index (χ3v) is 5.15. The molecule has 3 rings (SSSR count). The quantitative estimate of drug-likeness (QED) is 0.888. The van der Waals surface area contributed by atoms with Crippen molar-refractivity contribution in [3.05, 3.63) is 35.4 Å². The maximum absolute atomic E-state index is 12.4. The second kappa shape index (κ2) is 9.20. The van der Waals surface area contributed by atoms with Crippen LogP contribution in [0.2, 0.25) is 0 Å². The monoisotopic (exact) mass is 346 g/mol. The van der Waals surface area contributed by atoms with Gasteiger partial charge in [-0.05, 0) is 50.2 Å². The SMILES string of the molecule is C[C@@H]1CCCCN1C(=O)NCc1cccc(COC2CCOCC2)c1. The first-order valence-electron chi connectivity index (χ1n) is 9.54. The van der Waals surface area contributed by atoms with Gasteiger partial charge >= 0.3 is 6.03 Å². The lowest BCUT2D eigenvalue weighted by atomic mass is 10.0. The molecule has 25 heavy (non-hydrogen) atoms. The first-order chi connectivity index (χ1) is 12.2. The molecule has 0 spiro atoms. The fourth-order valence-corrected chi connectivity index (χ4v) is 3.57. The number of hydrogen-bond acceptors (Lipinski definition) is 3. The number of urea groups is 1. The molecule has 1 N–H and O–H groups in total. The largest absolute Gasteiger partial charge is 0.381 e. The lowest BCUT2D eigenvalue weighted by Crippen LogP contribution is -2.47. The van der Waals surface area contributed by atoms with E-state index in [9.17, 15) is 4.79 Å². The van der Waals surface area contributed by atoms with E-state index in [0.717, 1.165) is 56.6 Å². The van der Waals surface area contributed by atoms with Gasteiger partial charge in [0.05, 0.1) is 12.7 Å². The van der Waals surface area contributed by atoms with E-state index in [4.69, 9.17) is 9.47 Å². The molecule has 0 bridgehead atoms. The van der Waals surface area contributed by atoms with Crippen molar-refractivity contribution in [3.63, 3.8) is 0 Å². The number of nitrogens with one attached hydrogen (secondary N) is 1. The molecule has 0 aromatic heterocycles. The summed E-state index contributed by atoms with van der Waals surface area (Å²) in [6.45, 7) is 5.78. The first kappa shape index (κ1) is 18.2. The summed E-state index contributed by atoms with van der Waals surface area (Å²) in [5.74, 6) is 0. The summed E-state index contributed by atoms with van der Waals surface area (Å²) in [6, 6.07) is 8.69. The van der Waals surface area contributed by atoms with Crippen LogP contribution in [0.3, 0.4) is 0 Å². The van der Waals surface area contributed by atoms with E-state index in [1.165, 1.54) is 6.42 Å². The van der Waals surface area contributed by atoms with Crippen LogP contribution in [0.15, 0.2) is 24.3 Å². The Hall–Kier alpha value is -1.59. The van der Waals surface area contributed by atoms with Crippen LogP contribution in [-0.4, -0.2) is 42.8 Å². The summed E-state index contributed by atoms with van der Waals surface area (Å²) < 4.78 is 11.3. The normalized spacial score (nSPS) is 22.0. The maximum atomic E-state index is 12.4. The molecular weight excluding hydrogens is 316 g/mol. The first-order valence-corrected chi connectivity index (χ1v) is 9.54. The highest BCUT2D eigenvalue weighted by atomic mass is 16.5. The van der Waals surface area contributed by atoms with Crippen LogP contribution in [0.25, 0.3) is 0 Å². The summed E-state index contributed by atoms with van der Waals surface area (Å²) in [4.78, 5) is 14.3. The molecule has 2 heterocycles. The van der Waals surface area contributed by atoms with Crippen molar-refractivity contribution in [1.82, 2.24) is 10.2 Å². The lowest BCUT2D eigenvalue weighted by Gasteiger charge is -2.33. The Morgan fingerprint density at radius 2 is 2.04 bits per heavy atom. The van der Waals surface area contributed by atoms with E-state index in [1.54, 1.807) is 0 Å². The summed E-state index contributed by atoms with van der Waals surface area (Å²) in [5.41, 5.74) is 2.27. The van der Waals surface area contributed by atoms with Crippen molar-refractivity contribution < 1.29 is 14.3 Å². The number of amides is 2. The van der Waals surface area contributed by atoms with Gasteiger partial charge in [0.1, 0.15) is 0 Å². The van der Waals surface area contributed by atoms with Crippen molar-refractivity contribution in [1.29, 1.82) is 0 Å². The molecular formula is C20H30N2O3. The number of ether oxygens (including phenoxy) is 2. The van der Waals surface area contributed by atoms with Crippen molar-refractivity contribution in [2.24, 2.45) is 0 Å². The third kappa shape index (κ3) is 5.44. The Balaban J connectivity index is 1.46. The highest BCUT2D eigenvalue weighted by Gasteiger charge is 2.22. The Kier molecular flexibility index (Phi) is 6.70. The lowest BCUT2D eigenvalue weighted by molar-refractivity contribution is -0.0390. The van der Waals surface area contributed by atoms with Crippen molar-refractivity contribution in [3.8, 4) is 0 Å². The van der Waals surface area contributed by atoms with Crippen LogP contribution in [0.5, 0.6) is 0 Å². The predicted molar refractivity (Wildman–Crippen MR) is 97.3 cm³/mol. The van der Waals surface area contributed by atoms with Gasteiger partial charge in [-0.15, -0.1) is 0 Å². The molecule has 138 valence electrons. The summed E-state index contributed by atoms with van der Waals surface area (Å²) in [5, 5.41) is 3.06. The molecule has 2 saturated heterocycles. The van der Waals surface area contributed by atoms with E-state index in [1.807, 2.05) is 11.0 Å². The zero-order chi connectivity index (χ0) is 17.5. The molecule has 2 fully saturated rings. The van der Waals surface area contributed by atoms with Gasteiger partial charge in [-0.3, -0.25) is 0 Å². The average molecular weight is 346 g/mol. The van der Waals surface area contributed by atoms with Crippen LogP contribution in [0, 0.1) is 0 Å². The number of likely N-dealkylation sites (tertiary alicyclic amines) is 1. The van der Waals surface area contributed by atoms with E-state index in [0.29, 0.717) is 25.3 Å². The van der Waals surface area contributed by atoms with Crippen LogP contribution >= 0.6 is 0 Å². The van der Waals surface area contributed by atoms with E-state index in [2.05, 4.69) is 30.4 Å². The highest BCUT2D eigenvalue weighted by Crippen LogP contribution is 2.17. The molecule has 2 aliphatic rings. The maximum Gasteiger partial charge on any atom is 0.317 e. The van der Waals surface area contributed by atoms with Gasteiger partial charge in [0, 0.05) is 32.3 Å². The van der Waals surface area contributed by atoms with E-state index < -0.39 is 0 Å². The van der Waals surface area contributed by atoms with Gasteiger partial charge < -0.3 is 19.7 Å². The molecule has 2 aliphatic heterocycles. The standard InChI is InChI=1S/C20H30N2O3/c1-16-5-2-3-10-22(16)20(23)21-14-17-6-4-7-18(13-17)15-25-19-8-11-24-12-9-19/h4,6-7,13,16,19H,2-3,5,8-12,14-15H2,1H3,(H,21,23)/t16-/m1/s1. The molecule has 1 aromatic carbocycles. The number of hydrogen-bond donors (Lipinski definition) is 1. The van der Waals surface area contributed by atoms with Gasteiger partial charge in [0.15, 0.2) is 0 Å². The van der Waals surface area contributed by atoms with Crippen molar-refractivity contribution >= 4 is 6.03 Å². The summed E-state index contributed by atoms with van der Waals surface area (Å²) in [7, 11) is 0. The van der Waals surface area contributed by atoms with E-state index >= 15 is 0 Å². The average Bonchev–Trinajstić information content (AvgIpc) is 2.66. The fraction of sp³-hybridized carbons (Fsp3) is 0.650. The van der Waals surface area contributed by atoms with Crippen molar-refractivity contribution in [2.45, 2.75) is 64.3 Å². The highest BCUT2D eigenvalue weighted by molar-refractivity contribution is 5.74. The van der Waals surface area contributed by atoms with E-state index in [-0.39, 0.29) is 6.03 Å². The Labute approximate surface area is 150 Å². The molecule has 5 heteroatoms. The fourth-order valence-electron chi connectivity index (χ4n) is 3.57. The number of benzene rings is 1. The summed E-state index contributed by atoms with van der Waals surface area (Å²) in [6.07, 6.45) is 5.69. The number of piperidine rings is 1. The minimum absolute atomic E-state index is 0.0519. The summed E-state index contributed by atoms with van der Waals surface area (Å²) >= 11 is 0. The number of rotatable bonds is 5. The van der Waals surface area contributed by atoms with Crippen LogP contribution in [-0.2, 0) is 22.6 Å². The Morgan fingerprint density at radius 1 is 1.24 bits per heavy atom. The van der Waals surface area contributed by atoms with Gasteiger partial charge in [-0.25, -0.2) is 4.79 Å². The minimum atomic E-state index is 0.0519. The second-order valence-corrected chi connectivity index (χ2v) is 7.14. The topological polar surface area (TPSA) is 50.8 Å². The molecule has 0 radical (unpaired) electrons. The number of carbonyl (C=O) groups excluding carboxylic acids is 1. The zero-order valence-electron chi connectivity index (χ0n) is 15.2. The predicted octanol–water partition coefficient (Wildman–Crippen LogP) is 3.47. The molecule has 2 amide bonds. The molecule has 1 atom stereocenters. The molecule has 0 aliphatic carbocycles. The molecule has 5 nitrogen and oxygen atoms in total. The van der Waals surface area contributed by atoms with Crippen LogP contribution in [0.1, 0.15) is 50.2 Å². The minimum Gasteiger partial charge on any atom is -0.381 e. The molecule has 0 unspecified atom stereocenters. The van der Waals surface area contributed by atoms with Gasteiger partial charge in [-0.2, -0.15) is 0 Å². The smallest absolute Gasteiger partial charge is 0.317 e. The van der Waals surface area contributed by atoms with Crippen LogP contribution in [0.4, 0.5) is 4.79 Å². The third-order valence-electron chi connectivity index (χ3n) is 5.15. The zero-order valence-corrected chi connectivity index (χ0v) is 15.2. The Morgan fingerprint density at radius 3 is 2.84 bits per heavy atom.